The average molecular weight is 494 g/mol. The molecule has 0 aromatic heterocycles. The van der Waals surface area contributed by atoms with E-state index < -0.39 is 5.54 Å². The molecule has 2 aliphatic heterocycles. The summed E-state index contributed by atoms with van der Waals surface area (Å²) in [6, 6.07) is 11.8. The first-order valence-electron chi connectivity index (χ1n) is 12.4. The van der Waals surface area contributed by atoms with Crippen LogP contribution < -0.4 is 19.7 Å². The number of rotatable bonds is 8. The summed E-state index contributed by atoms with van der Waals surface area (Å²) in [5, 5.41) is 3.13. The number of piperazine rings is 1. The van der Waals surface area contributed by atoms with Crippen molar-refractivity contribution in [3.63, 3.8) is 0 Å². The second-order valence-corrected chi connectivity index (χ2v) is 9.90. The summed E-state index contributed by atoms with van der Waals surface area (Å²) in [6.07, 6.45) is 2.47. The van der Waals surface area contributed by atoms with Crippen LogP contribution in [0.2, 0.25) is 0 Å². The number of methoxy groups -OCH3 is 2. The number of ether oxygens (including phenoxy) is 2. The molecule has 1 atom stereocenters. The van der Waals surface area contributed by atoms with E-state index in [2.05, 4.69) is 11.4 Å². The van der Waals surface area contributed by atoms with Gasteiger partial charge < -0.3 is 24.6 Å². The van der Waals surface area contributed by atoms with Crippen LogP contribution in [0.3, 0.4) is 0 Å². The summed E-state index contributed by atoms with van der Waals surface area (Å²) in [7, 11) is 3.18. The van der Waals surface area contributed by atoms with E-state index in [-0.39, 0.29) is 30.7 Å². The summed E-state index contributed by atoms with van der Waals surface area (Å²) in [5.41, 5.74) is 3.59. The van der Waals surface area contributed by atoms with E-state index in [1.165, 1.54) is 0 Å². The van der Waals surface area contributed by atoms with Crippen LogP contribution in [0.5, 0.6) is 11.5 Å². The molecular formula is C28H35N3O5. The van der Waals surface area contributed by atoms with Crippen molar-refractivity contribution in [1.82, 2.24) is 10.2 Å². The molecule has 4 rings (SSSR count). The first-order valence-corrected chi connectivity index (χ1v) is 12.4. The Morgan fingerprint density at radius 2 is 1.72 bits per heavy atom. The van der Waals surface area contributed by atoms with Gasteiger partial charge in [0.1, 0.15) is 6.54 Å². The van der Waals surface area contributed by atoms with Crippen LogP contribution in [0.25, 0.3) is 0 Å². The van der Waals surface area contributed by atoms with Crippen molar-refractivity contribution in [2.75, 3.05) is 38.8 Å². The minimum Gasteiger partial charge on any atom is -0.493 e. The van der Waals surface area contributed by atoms with Gasteiger partial charge in [-0.3, -0.25) is 14.4 Å². The minimum atomic E-state index is -0.503. The number of nitrogens with one attached hydrogen (secondary N) is 1. The van der Waals surface area contributed by atoms with Gasteiger partial charge in [-0.2, -0.15) is 0 Å². The third-order valence-electron chi connectivity index (χ3n) is 7.13. The van der Waals surface area contributed by atoms with Crippen LogP contribution in [-0.2, 0) is 20.8 Å². The SMILES string of the molecule is COc1ccc(CC2(CCC(=O)N3CCN(c4cc(C)cc(C)c4)C(=O)C3)CCC(=O)N2)cc1OC. The molecular weight excluding hydrogens is 458 g/mol. The van der Waals surface area contributed by atoms with Crippen LogP contribution in [-0.4, -0.2) is 62.0 Å². The zero-order chi connectivity index (χ0) is 25.9. The number of benzene rings is 2. The second-order valence-electron chi connectivity index (χ2n) is 9.90. The van der Waals surface area contributed by atoms with E-state index in [4.69, 9.17) is 9.47 Å². The number of amides is 3. The molecule has 0 aliphatic carbocycles. The Bertz CT molecular complexity index is 1140. The molecule has 2 heterocycles. The summed E-state index contributed by atoms with van der Waals surface area (Å²) in [6.45, 7) is 5.06. The fraction of sp³-hybridized carbons (Fsp3) is 0.464. The minimum absolute atomic E-state index is 0.000153. The smallest absolute Gasteiger partial charge is 0.246 e. The molecule has 2 aliphatic rings. The van der Waals surface area contributed by atoms with Crippen molar-refractivity contribution in [2.24, 2.45) is 0 Å². The molecule has 2 saturated heterocycles. The average Bonchev–Trinajstić information content (AvgIpc) is 3.21. The highest BCUT2D eigenvalue weighted by Gasteiger charge is 2.39. The molecule has 8 heteroatoms. The van der Waals surface area contributed by atoms with E-state index in [0.717, 1.165) is 22.4 Å². The normalized spacial score (nSPS) is 19.9. The molecule has 8 nitrogen and oxygen atoms in total. The van der Waals surface area contributed by atoms with Crippen molar-refractivity contribution in [2.45, 2.75) is 51.5 Å². The number of anilines is 1. The first kappa shape index (κ1) is 25.5. The van der Waals surface area contributed by atoms with Gasteiger partial charge in [-0.25, -0.2) is 0 Å². The highest BCUT2D eigenvalue weighted by atomic mass is 16.5. The lowest BCUT2D eigenvalue weighted by Gasteiger charge is -2.36. The number of hydrogen-bond donors (Lipinski definition) is 1. The predicted molar refractivity (Wildman–Crippen MR) is 137 cm³/mol. The Balaban J connectivity index is 1.40. The largest absolute Gasteiger partial charge is 0.493 e. The van der Waals surface area contributed by atoms with Crippen LogP contribution in [0.1, 0.15) is 42.4 Å². The van der Waals surface area contributed by atoms with Crippen LogP contribution >= 0.6 is 0 Å². The molecule has 192 valence electrons. The Morgan fingerprint density at radius 1 is 1.00 bits per heavy atom. The third-order valence-corrected chi connectivity index (χ3v) is 7.13. The molecule has 1 unspecified atom stereocenters. The fourth-order valence-electron chi connectivity index (χ4n) is 5.33. The molecule has 0 bridgehead atoms. The van der Waals surface area contributed by atoms with E-state index in [9.17, 15) is 14.4 Å². The van der Waals surface area contributed by atoms with E-state index in [1.807, 2.05) is 44.2 Å². The van der Waals surface area contributed by atoms with Crippen molar-refractivity contribution in [3.8, 4) is 11.5 Å². The Morgan fingerprint density at radius 3 is 2.33 bits per heavy atom. The highest BCUT2D eigenvalue weighted by Crippen LogP contribution is 2.34. The molecule has 2 fully saturated rings. The number of nitrogens with zero attached hydrogens (tertiary/aromatic N) is 2. The van der Waals surface area contributed by atoms with Gasteiger partial charge in [-0.15, -0.1) is 0 Å². The number of carbonyl (C=O) groups is 3. The molecule has 0 saturated carbocycles. The van der Waals surface area contributed by atoms with Gasteiger partial charge >= 0.3 is 0 Å². The Labute approximate surface area is 212 Å². The zero-order valence-electron chi connectivity index (χ0n) is 21.6. The summed E-state index contributed by atoms with van der Waals surface area (Å²) < 4.78 is 10.8. The van der Waals surface area contributed by atoms with Crippen LogP contribution in [0.4, 0.5) is 5.69 Å². The molecule has 3 amide bonds. The lowest BCUT2D eigenvalue weighted by molar-refractivity contribution is -0.137. The zero-order valence-corrected chi connectivity index (χ0v) is 21.6. The quantitative estimate of drug-likeness (QED) is 0.610. The number of carbonyl (C=O) groups excluding carboxylic acids is 3. The van der Waals surface area contributed by atoms with Crippen molar-refractivity contribution >= 4 is 23.4 Å². The monoisotopic (exact) mass is 493 g/mol. The van der Waals surface area contributed by atoms with E-state index >= 15 is 0 Å². The molecule has 2 aromatic carbocycles. The lowest BCUT2D eigenvalue weighted by Crippen LogP contribution is -2.53. The maximum absolute atomic E-state index is 13.1. The maximum atomic E-state index is 13.1. The van der Waals surface area contributed by atoms with Crippen molar-refractivity contribution in [1.29, 1.82) is 0 Å². The highest BCUT2D eigenvalue weighted by molar-refractivity contribution is 5.98. The third kappa shape index (κ3) is 5.64. The van der Waals surface area contributed by atoms with Crippen molar-refractivity contribution in [3.05, 3.63) is 53.1 Å². The topological polar surface area (TPSA) is 88.2 Å². The van der Waals surface area contributed by atoms with Crippen molar-refractivity contribution < 1.29 is 23.9 Å². The van der Waals surface area contributed by atoms with Gasteiger partial charge in [0, 0.05) is 37.2 Å². The van der Waals surface area contributed by atoms with Gasteiger partial charge in [-0.1, -0.05) is 12.1 Å². The van der Waals surface area contributed by atoms with Gasteiger partial charge in [0.05, 0.1) is 14.2 Å². The second kappa shape index (κ2) is 10.6. The van der Waals surface area contributed by atoms with Gasteiger partial charge in [0.2, 0.25) is 17.7 Å². The Kier molecular flexibility index (Phi) is 7.52. The Hall–Kier alpha value is -3.55. The van der Waals surface area contributed by atoms with E-state index in [1.54, 1.807) is 24.0 Å². The van der Waals surface area contributed by atoms with Crippen LogP contribution in [0, 0.1) is 13.8 Å². The standard InChI is InChI=1S/C28H35N3O5/c1-19-13-20(2)15-22(14-19)31-12-11-30(18-27(31)34)26(33)8-10-28(9-7-25(32)29-28)17-21-5-6-23(35-3)24(16-21)36-4/h5-6,13-16H,7-12,17-18H2,1-4H3,(H,29,32). The number of hydrogen-bond acceptors (Lipinski definition) is 5. The number of aryl methyl sites for hydroxylation is 2. The maximum Gasteiger partial charge on any atom is 0.246 e. The van der Waals surface area contributed by atoms with Gasteiger partial charge in [0.15, 0.2) is 11.5 Å². The van der Waals surface area contributed by atoms with E-state index in [0.29, 0.717) is 50.3 Å². The molecule has 1 N–H and O–H groups in total. The summed E-state index contributed by atoms with van der Waals surface area (Å²) in [4.78, 5) is 41.6. The summed E-state index contributed by atoms with van der Waals surface area (Å²) >= 11 is 0. The van der Waals surface area contributed by atoms with Gasteiger partial charge in [0.25, 0.3) is 0 Å². The molecule has 36 heavy (non-hydrogen) atoms. The predicted octanol–water partition coefficient (Wildman–Crippen LogP) is 3.17. The molecule has 0 radical (unpaired) electrons. The van der Waals surface area contributed by atoms with Gasteiger partial charge in [-0.05, 0) is 74.1 Å². The molecule has 2 aromatic rings. The lowest BCUT2D eigenvalue weighted by atomic mass is 9.84. The summed E-state index contributed by atoms with van der Waals surface area (Å²) in [5.74, 6) is 1.14. The van der Waals surface area contributed by atoms with Crippen LogP contribution in [0.15, 0.2) is 36.4 Å². The fourth-order valence-corrected chi connectivity index (χ4v) is 5.33. The molecule has 0 spiro atoms. The first-order chi connectivity index (χ1) is 17.2.